The van der Waals surface area contributed by atoms with E-state index in [2.05, 4.69) is 39.2 Å². The number of halogens is 3. The second kappa shape index (κ2) is 10.7. The van der Waals surface area contributed by atoms with Gasteiger partial charge in [-0.05, 0) is 31.0 Å². The Morgan fingerprint density at radius 3 is 2.69 bits per heavy atom. The Morgan fingerprint density at radius 1 is 1.50 bits per heavy atom. The Kier molecular flexibility index (Phi) is 9.29. The topological polar surface area (TPSA) is 64.7 Å². The minimum atomic E-state index is -0.359. The van der Waals surface area contributed by atoms with Crippen molar-refractivity contribution in [3.05, 3.63) is 46.7 Å². The molecule has 0 aromatic heterocycles. The number of aliphatic imine (C=N–C) groups is 1. The van der Waals surface area contributed by atoms with E-state index in [1.54, 1.807) is 24.8 Å². The highest BCUT2D eigenvalue weighted by atomic mass is 79.9. The fourth-order valence-electron chi connectivity index (χ4n) is 2.72. The van der Waals surface area contributed by atoms with E-state index < -0.39 is 0 Å². The van der Waals surface area contributed by atoms with Crippen molar-refractivity contribution in [3.63, 3.8) is 0 Å². The molecule has 4 unspecified atom stereocenters. The Labute approximate surface area is 165 Å². The van der Waals surface area contributed by atoms with Gasteiger partial charge < -0.3 is 10.5 Å². The number of benzene rings is 1. The van der Waals surface area contributed by atoms with Crippen molar-refractivity contribution in [3.8, 4) is 0 Å². The van der Waals surface area contributed by atoms with Crippen molar-refractivity contribution >= 4 is 38.8 Å². The lowest BCUT2D eigenvalue weighted by molar-refractivity contribution is -0.137. The summed E-state index contributed by atoms with van der Waals surface area (Å²) in [5.74, 6) is 0.436. The lowest BCUT2D eigenvalue weighted by Crippen LogP contribution is -2.17. The molecule has 1 heterocycles. The van der Waals surface area contributed by atoms with Crippen molar-refractivity contribution in [2.45, 2.75) is 25.1 Å². The van der Waals surface area contributed by atoms with Gasteiger partial charge >= 0.3 is 5.97 Å². The van der Waals surface area contributed by atoms with E-state index in [0.29, 0.717) is 41.6 Å². The number of nitrogens with two attached hydrogens (primary N) is 1. The Bertz CT molecular complexity index is 673. The third kappa shape index (κ3) is 5.81. The molecule has 1 aliphatic carbocycles. The molecule has 0 saturated heterocycles. The fraction of sp³-hybridized carbons (Fsp3) is 0.444. The number of fused-ring (bicyclic) bond motifs is 1. The van der Waals surface area contributed by atoms with E-state index >= 15 is 0 Å². The molecule has 4 nitrogen and oxygen atoms in total. The number of carbonyl (C=O) groups excluding carboxylic acids is 1. The summed E-state index contributed by atoms with van der Waals surface area (Å²) < 4.78 is 28.7. The van der Waals surface area contributed by atoms with Gasteiger partial charge in [0.15, 0.2) is 5.17 Å². The van der Waals surface area contributed by atoms with Gasteiger partial charge in [0.25, 0.3) is 0 Å². The first-order valence-electron chi connectivity index (χ1n) is 8.00. The quantitative estimate of drug-likeness (QED) is 0.539. The van der Waals surface area contributed by atoms with Crippen molar-refractivity contribution in [1.29, 1.82) is 0 Å². The molecule has 3 rings (SSSR count). The van der Waals surface area contributed by atoms with E-state index in [9.17, 15) is 13.6 Å². The summed E-state index contributed by atoms with van der Waals surface area (Å²) in [7, 11) is 0.500. The van der Waals surface area contributed by atoms with Crippen LogP contribution in [0.2, 0.25) is 0 Å². The zero-order valence-corrected chi connectivity index (χ0v) is 17.3. The summed E-state index contributed by atoms with van der Waals surface area (Å²) in [5.41, 5.74) is 6.46. The van der Waals surface area contributed by atoms with Crippen LogP contribution in [-0.2, 0) is 9.53 Å². The standard InChI is InChI=1S/C12H12BrFN2S.C5H8O2.CH3F/c1-5-9-10(16-12(15)17-11(5)9)7-4-6(13)2-3-8(7)14;1-3-5(6)7-4-2;1-2/h2-5,9-11H,1H3,(H2,15,16);3H,1,4H2,2H3;1H3. The molecule has 8 heteroatoms. The molecule has 1 aromatic rings. The van der Waals surface area contributed by atoms with Crippen LogP contribution in [0, 0.1) is 17.7 Å². The lowest BCUT2D eigenvalue weighted by atomic mass is 10.0. The molecule has 0 spiro atoms. The predicted molar refractivity (Wildman–Crippen MR) is 106 cm³/mol. The van der Waals surface area contributed by atoms with Gasteiger partial charge in [-0.15, -0.1) is 0 Å². The second-order valence-corrected chi connectivity index (χ2v) is 7.67. The molecular formula is C18H23BrF2N2O2S. The van der Waals surface area contributed by atoms with Crippen LogP contribution in [0.25, 0.3) is 0 Å². The molecule has 0 radical (unpaired) electrons. The third-order valence-electron chi connectivity index (χ3n) is 3.98. The monoisotopic (exact) mass is 448 g/mol. The summed E-state index contributed by atoms with van der Waals surface area (Å²) in [6.07, 6.45) is 1.14. The number of hydrogen-bond donors (Lipinski definition) is 1. The van der Waals surface area contributed by atoms with E-state index in [1.165, 1.54) is 6.07 Å². The van der Waals surface area contributed by atoms with Gasteiger partial charge in [-0.1, -0.05) is 41.2 Å². The smallest absolute Gasteiger partial charge is 0.330 e. The molecular weight excluding hydrogens is 426 g/mol. The molecule has 1 aliphatic heterocycles. The molecule has 4 atom stereocenters. The van der Waals surface area contributed by atoms with Crippen LogP contribution in [0.3, 0.4) is 0 Å². The molecule has 2 N–H and O–H groups in total. The first-order chi connectivity index (χ1) is 12.4. The van der Waals surface area contributed by atoms with Crippen molar-refractivity contribution < 1.29 is 18.3 Å². The summed E-state index contributed by atoms with van der Waals surface area (Å²) >= 11 is 5.00. The molecule has 1 saturated carbocycles. The molecule has 0 bridgehead atoms. The van der Waals surface area contributed by atoms with Crippen LogP contribution in [0.1, 0.15) is 25.5 Å². The average molecular weight is 449 g/mol. The van der Waals surface area contributed by atoms with Gasteiger partial charge in [-0.3, -0.25) is 9.38 Å². The SMILES string of the molecule is C=CC(=O)OCC.CC1C2SC(N)=NC(c3cc(Br)ccc3F)C12.CF. The molecule has 1 aromatic carbocycles. The van der Waals surface area contributed by atoms with E-state index in [4.69, 9.17) is 5.73 Å². The first-order valence-corrected chi connectivity index (χ1v) is 9.68. The van der Waals surface area contributed by atoms with Crippen LogP contribution >= 0.6 is 27.7 Å². The Balaban J connectivity index is 0.000000321. The van der Waals surface area contributed by atoms with Crippen LogP contribution in [0.4, 0.5) is 8.78 Å². The average Bonchev–Trinajstić information content (AvgIpc) is 3.28. The number of alkyl halides is 1. The normalized spacial score (nSPS) is 25.2. The van der Waals surface area contributed by atoms with Gasteiger partial charge in [-0.2, -0.15) is 0 Å². The molecule has 144 valence electrons. The number of rotatable bonds is 3. The number of carbonyl (C=O) groups is 1. The van der Waals surface area contributed by atoms with Gasteiger partial charge in [0.1, 0.15) is 5.82 Å². The predicted octanol–water partition coefficient (Wildman–Crippen LogP) is 4.65. The first kappa shape index (κ1) is 22.6. The maximum Gasteiger partial charge on any atom is 0.330 e. The largest absolute Gasteiger partial charge is 0.463 e. The number of ether oxygens (including phenoxy) is 1. The lowest BCUT2D eigenvalue weighted by Gasteiger charge is -2.18. The maximum absolute atomic E-state index is 13.9. The number of esters is 1. The van der Waals surface area contributed by atoms with Crippen LogP contribution in [-0.4, -0.2) is 30.2 Å². The zero-order chi connectivity index (χ0) is 19.9. The van der Waals surface area contributed by atoms with E-state index in [-0.39, 0.29) is 17.8 Å². The number of thioether (sulfide) groups is 1. The molecule has 1 fully saturated rings. The fourth-order valence-corrected chi connectivity index (χ4v) is 4.41. The summed E-state index contributed by atoms with van der Waals surface area (Å²) in [6.45, 7) is 7.56. The zero-order valence-electron chi connectivity index (χ0n) is 14.9. The number of hydrogen-bond acceptors (Lipinski definition) is 5. The van der Waals surface area contributed by atoms with Crippen molar-refractivity contribution in [2.75, 3.05) is 13.8 Å². The Hall–Kier alpha value is -1.41. The minimum Gasteiger partial charge on any atom is -0.463 e. The van der Waals surface area contributed by atoms with Gasteiger partial charge in [0.05, 0.1) is 19.8 Å². The summed E-state index contributed by atoms with van der Waals surface area (Å²) in [4.78, 5) is 14.5. The van der Waals surface area contributed by atoms with Crippen molar-refractivity contribution in [2.24, 2.45) is 22.6 Å². The van der Waals surface area contributed by atoms with Crippen LogP contribution in [0.5, 0.6) is 0 Å². The highest BCUT2D eigenvalue weighted by Crippen LogP contribution is 2.58. The molecule has 2 aliphatic rings. The third-order valence-corrected chi connectivity index (χ3v) is 5.84. The number of amidine groups is 1. The highest BCUT2D eigenvalue weighted by molar-refractivity contribution is 9.10. The molecule has 26 heavy (non-hydrogen) atoms. The van der Waals surface area contributed by atoms with Crippen molar-refractivity contribution in [1.82, 2.24) is 0 Å². The summed E-state index contributed by atoms with van der Waals surface area (Å²) in [5, 5.41) is 1.09. The van der Waals surface area contributed by atoms with E-state index in [1.807, 2.05) is 6.07 Å². The van der Waals surface area contributed by atoms with Crippen LogP contribution in [0.15, 0.2) is 40.3 Å². The minimum absolute atomic E-state index is 0.117. The Morgan fingerprint density at radius 2 is 2.15 bits per heavy atom. The van der Waals surface area contributed by atoms with Gasteiger partial charge in [0, 0.05) is 27.3 Å². The number of nitrogens with zero attached hydrogens (tertiary/aromatic N) is 1. The second-order valence-electron chi connectivity index (χ2n) is 5.55. The van der Waals surface area contributed by atoms with Gasteiger partial charge in [-0.25, -0.2) is 9.18 Å². The maximum atomic E-state index is 13.9. The van der Waals surface area contributed by atoms with E-state index in [0.717, 1.165) is 10.5 Å². The highest BCUT2D eigenvalue weighted by Gasteiger charge is 2.55. The van der Waals surface area contributed by atoms with Gasteiger partial charge in [0.2, 0.25) is 0 Å². The molecule has 0 amide bonds. The van der Waals surface area contributed by atoms with Crippen LogP contribution < -0.4 is 5.73 Å². The summed E-state index contributed by atoms with van der Waals surface area (Å²) in [6, 6.07) is 4.88.